The molecule has 0 unspecified atom stereocenters. The van der Waals surface area contributed by atoms with E-state index in [0.29, 0.717) is 33.2 Å². The fourth-order valence-corrected chi connectivity index (χ4v) is 4.94. The Labute approximate surface area is 214 Å². The fourth-order valence-electron chi connectivity index (χ4n) is 4.29. The van der Waals surface area contributed by atoms with E-state index in [4.69, 9.17) is 5.73 Å². The number of nitrogens with two attached hydrogens (primary N) is 1. The van der Waals surface area contributed by atoms with Gasteiger partial charge in [0.1, 0.15) is 23.1 Å². The molecule has 1 saturated carbocycles. The molecule has 0 saturated heterocycles. The van der Waals surface area contributed by atoms with Gasteiger partial charge < -0.3 is 21.3 Å². The molecule has 1 heterocycles. The second kappa shape index (κ2) is 10.9. The standard InChI is InChI=1S/C25H25F2IN4O3/c26-16-7-15(8-17(28)10-16)22(12-33)32-25(35)19-6-3-14(9-20(19)27)23-24(29)30-11-21(31-23)13-1-4-18(34)5-2-13/h3,6-11,13,18,22,33-34H,1-2,4-5,12H2,(H2,29,30)(H,32,35)/t13?,18?,22-/m1/s1. The molecule has 1 aromatic heterocycles. The van der Waals surface area contributed by atoms with Gasteiger partial charge in [0.15, 0.2) is 0 Å². The van der Waals surface area contributed by atoms with Crippen molar-refractivity contribution in [2.45, 2.75) is 43.7 Å². The van der Waals surface area contributed by atoms with Crippen molar-refractivity contribution in [3.8, 4) is 11.3 Å². The predicted molar refractivity (Wildman–Crippen MR) is 135 cm³/mol. The maximum absolute atomic E-state index is 15.0. The number of aromatic nitrogens is 2. The quantitative estimate of drug-likeness (QED) is 0.319. The Hall–Kier alpha value is -2.70. The van der Waals surface area contributed by atoms with Gasteiger partial charge in [-0.1, -0.05) is 6.07 Å². The number of nitrogens with one attached hydrogen (secondary N) is 1. The molecule has 1 fully saturated rings. The number of carbonyl (C=O) groups is 1. The highest BCUT2D eigenvalue weighted by Crippen LogP contribution is 2.34. The number of halogens is 3. The average Bonchev–Trinajstić information content (AvgIpc) is 2.82. The Morgan fingerprint density at radius 2 is 1.91 bits per heavy atom. The summed E-state index contributed by atoms with van der Waals surface area (Å²) in [6.07, 6.45) is 4.26. The molecule has 1 amide bonds. The Balaban J connectivity index is 1.55. The second-order valence-electron chi connectivity index (χ2n) is 8.64. The van der Waals surface area contributed by atoms with Gasteiger partial charge >= 0.3 is 0 Å². The zero-order valence-corrected chi connectivity index (χ0v) is 20.9. The minimum Gasteiger partial charge on any atom is -0.394 e. The third-order valence-electron chi connectivity index (χ3n) is 6.20. The average molecular weight is 594 g/mol. The van der Waals surface area contributed by atoms with Crippen LogP contribution in [0, 0.1) is 15.2 Å². The van der Waals surface area contributed by atoms with Crippen LogP contribution >= 0.6 is 22.6 Å². The number of benzene rings is 2. The molecule has 5 N–H and O–H groups in total. The monoisotopic (exact) mass is 594 g/mol. The van der Waals surface area contributed by atoms with E-state index >= 15 is 0 Å². The van der Waals surface area contributed by atoms with Crippen molar-refractivity contribution in [3.63, 3.8) is 0 Å². The first-order chi connectivity index (χ1) is 16.7. The molecule has 4 rings (SSSR count). The molecule has 184 valence electrons. The third kappa shape index (κ3) is 5.93. The van der Waals surface area contributed by atoms with Gasteiger partial charge in [0.25, 0.3) is 5.91 Å². The molecule has 0 spiro atoms. The number of rotatable bonds is 6. The second-order valence-corrected chi connectivity index (χ2v) is 9.89. The maximum Gasteiger partial charge on any atom is 0.254 e. The van der Waals surface area contributed by atoms with Crippen LogP contribution in [0.15, 0.2) is 42.6 Å². The van der Waals surface area contributed by atoms with Crippen LogP contribution in [0.1, 0.15) is 59.3 Å². The smallest absolute Gasteiger partial charge is 0.254 e. The minimum atomic E-state index is -0.905. The van der Waals surface area contributed by atoms with Crippen LogP contribution in [0.25, 0.3) is 11.3 Å². The number of nitrogen functional groups attached to an aromatic ring is 1. The van der Waals surface area contributed by atoms with E-state index in [-0.39, 0.29) is 23.4 Å². The van der Waals surface area contributed by atoms with Crippen LogP contribution in [-0.2, 0) is 0 Å². The molecule has 10 heteroatoms. The summed E-state index contributed by atoms with van der Waals surface area (Å²) in [4.78, 5) is 21.6. The molecule has 1 aliphatic rings. The van der Waals surface area contributed by atoms with Crippen molar-refractivity contribution in [1.82, 2.24) is 15.3 Å². The van der Waals surface area contributed by atoms with Crippen LogP contribution in [0.4, 0.5) is 14.6 Å². The van der Waals surface area contributed by atoms with Gasteiger partial charge in [-0.3, -0.25) is 4.79 Å². The number of nitrogens with zero attached hydrogens (tertiary/aromatic N) is 2. The summed E-state index contributed by atoms with van der Waals surface area (Å²) in [6, 6.07) is 7.27. The highest BCUT2D eigenvalue weighted by Gasteiger charge is 2.24. The lowest BCUT2D eigenvalue weighted by molar-refractivity contribution is 0.0912. The predicted octanol–water partition coefficient (Wildman–Crippen LogP) is 4.09. The van der Waals surface area contributed by atoms with Crippen LogP contribution in [0.2, 0.25) is 0 Å². The fraction of sp³-hybridized carbons (Fsp3) is 0.320. The molecule has 0 aliphatic heterocycles. The first-order valence-corrected chi connectivity index (χ1v) is 12.3. The number of aliphatic hydroxyl groups excluding tert-OH is 2. The van der Waals surface area contributed by atoms with Crippen molar-refractivity contribution in [1.29, 1.82) is 0 Å². The van der Waals surface area contributed by atoms with E-state index < -0.39 is 30.2 Å². The Morgan fingerprint density at radius 3 is 2.57 bits per heavy atom. The Morgan fingerprint density at radius 1 is 1.17 bits per heavy atom. The molecule has 0 radical (unpaired) electrons. The third-order valence-corrected chi connectivity index (χ3v) is 6.82. The molecule has 35 heavy (non-hydrogen) atoms. The number of anilines is 1. The lowest BCUT2D eigenvalue weighted by Crippen LogP contribution is -2.31. The lowest BCUT2D eigenvalue weighted by atomic mass is 9.85. The van der Waals surface area contributed by atoms with E-state index in [9.17, 15) is 23.8 Å². The van der Waals surface area contributed by atoms with Crippen LogP contribution in [0.3, 0.4) is 0 Å². The molecule has 2 aromatic carbocycles. The summed E-state index contributed by atoms with van der Waals surface area (Å²) in [7, 11) is 0. The van der Waals surface area contributed by atoms with Crippen molar-refractivity contribution in [3.05, 3.63) is 74.6 Å². The summed E-state index contributed by atoms with van der Waals surface area (Å²) in [5.41, 5.74) is 7.59. The topological polar surface area (TPSA) is 121 Å². The maximum atomic E-state index is 15.0. The molecular weight excluding hydrogens is 569 g/mol. The van der Waals surface area contributed by atoms with Gasteiger partial charge in [0.05, 0.1) is 36.2 Å². The zero-order chi connectivity index (χ0) is 25.1. The summed E-state index contributed by atoms with van der Waals surface area (Å²) in [6.45, 7) is -0.484. The zero-order valence-electron chi connectivity index (χ0n) is 18.7. The number of hydrogen-bond donors (Lipinski definition) is 4. The van der Waals surface area contributed by atoms with E-state index in [1.807, 2.05) is 22.6 Å². The molecule has 1 atom stereocenters. The first kappa shape index (κ1) is 25.4. The number of aliphatic hydroxyl groups is 2. The Bertz CT molecular complexity index is 1220. The minimum absolute atomic E-state index is 0.140. The van der Waals surface area contributed by atoms with Gasteiger partial charge in [-0.15, -0.1) is 0 Å². The van der Waals surface area contributed by atoms with Crippen molar-refractivity contribution in [2.75, 3.05) is 12.3 Å². The van der Waals surface area contributed by atoms with E-state index in [0.717, 1.165) is 18.5 Å². The SMILES string of the molecule is Nc1ncc(C2CCC(O)CC2)nc1-c1ccc(C(=O)N[C@H](CO)c2cc(F)cc(I)c2)c(F)c1. The molecule has 7 nitrogen and oxygen atoms in total. The number of amides is 1. The van der Waals surface area contributed by atoms with Crippen molar-refractivity contribution in [2.24, 2.45) is 0 Å². The van der Waals surface area contributed by atoms with Crippen LogP contribution in [0.5, 0.6) is 0 Å². The van der Waals surface area contributed by atoms with Gasteiger partial charge in [-0.2, -0.15) is 0 Å². The van der Waals surface area contributed by atoms with Crippen LogP contribution < -0.4 is 11.1 Å². The summed E-state index contributed by atoms with van der Waals surface area (Å²) >= 11 is 1.93. The van der Waals surface area contributed by atoms with Crippen molar-refractivity contribution < 1.29 is 23.8 Å². The molecule has 0 bridgehead atoms. The van der Waals surface area contributed by atoms with Gasteiger partial charge in [-0.05, 0) is 84.2 Å². The van der Waals surface area contributed by atoms with Crippen molar-refractivity contribution >= 4 is 34.3 Å². The van der Waals surface area contributed by atoms with E-state index in [1.165, 1.54) is 30.3 Å². The summed E-state index contributed by atoms with van der Waals surface area (Å²) < 4.78 is 29.4. The highest BCUT2D eigenvalue weighted by atomic mass is 127. The van der Waals surface area contributed by atoms with E-state index in [2.05, 4.69) is 15.3 Å². The van der Waals surface area contributed by atoms with Crippen LogP contribution in [-0.4, -0.2) is 38.8 Å². The van der Waals surface area contributed by atoms with Gasteiger partial charge in [0, 0.05) is 15.1 Å². The van der Waals surface area contributed by atoms with Gasteiger partial charge in [-0.25, -0.2) is 18.7 Å². The normalized spacial score (nSPS) is 18.8. The van der Waals surface area contributed by atoms with Gasteiger partial charge in [0.2, 0.25) is 0 Å². The highest BCUT2D eigenvalue weighted by molar-refractivity contribution is 14.1. The lowest BCUT2D eigenvalue weighted by Gasteiger charge is -2.25. The van der Waals surface area contributed by atoms with E-state index in [1.54, 1.807) is 12.3 Å². The molecule has 1 aliphatic carbocycles. The number of carbonyl (C=O) groups excluding carboxylic acids is 1. The molecular formula is C25H25F2IN4O3. The largest absolute Gasteiger partial charge is 0.394 e. The number of hydrogen-bond acceptors (Lipinski definition) is 6. The molecule has 3 aromatic rings. The summed E-state index contributed by atoms with van der Waals surface area (Å²) in [5.74, 6) is -1.76. The Kier molecular flexibility index (Phi) is 7.92. The summed E-state index contributed by atoms with van der Waals surface area (Å²) in [5, 5.41) is 22.0. The first-order valence-electron chi connectivity index (χ1n) is 11.2.